The number of hydrogen-bond donors (Lipinski definition) is 0. The second-order valence-electron chi connectivity index (χ2n) is 36.6. The fourth-order valence-electron chi connectivity index (χ4n) is 19.4. The van der Waals surface area contributed by atoms with Gasteiger partial charge in [0.25, 0.3) is 0 Å². The zero-order valence-corrected chi connectivity index (χ0v) is 82.3. The molecule has 18 nitrogen and oxygen atoms in total. The first-order chi connectivity index (χ1) is 68.0. The Labute approximate surface area is 824 Å². The van der Waals surface area contributed by atoms with Gasteiger partial charge in [-0.2, -0.15) is 0 Å². The summed E-state index contributed by atoms with van der Waals surface area (Å²) in [6.45, 7) is 14.8. The smallest absolute Gasteiger partial charge is 0.224 e. The molecule has 138 heavy (non-hydrogen) atoms. The summed E-state index contributed by atoms with van der Waals surface area (Å²) in [4.78, 5) is 4.70. The first-order valence-electron chi connectivity index (χ1n) is 49.5. The molecule has 4 fully saturated rings. The average molecular weight is 1900 g/mol. The number of para-hydroxylation sites is 2. The van der Waals surface area contributed by atoms with Crippen molar-refractivity contribution >= 4 is 23.5 Å². The second-order valence-corrected chi connectivity index (χ2v) is 39.0. The molecule has 0 amide bonds. The van der Waals surface area contributed by atoms with E-state index < -0.39 is 71.2 Å². The summed E-state index contributed by atoms with van der Waals surface area (Å²) in [5.41, 5.74) is 17.8. The molecule has 17 rings (SSSR count). The number of rotatable bonds is 46. The molecule has 12 aromatic rings. The van der Waals surface area contributed by atoms with Crippen molar-refractivity contribution in [2.75, 3.05) is 78.3 Å². The zero-order valence-electron chi connectivity index (χ0n) is 80.7. The van der Waals surface area contributed by atoms with E-state index in [4.69, 9.17) is 75.8 Å². The molecule has 4 saturated heterocycles. The van der Waals surface area contributed by atoms with Crippen LogP contribution in [0.3, 0.4) is 0 Å². The molecule has 20 heteroatoms. The van der Waals surface area contributed by atoms with Crippen molar-refractivity contribution in [2.45, 2.75) is 216 Å². The average Bonchev–Trinajstić information content (AvgIpc) is 1.63. The quantitative estimate of drug-likeness (QED) is 0.0355. The topological polar surface area (TPSA) is 154 Å². The molecule has 5 aliphatic rings. The SMILES string of the molecule is CCCOc1c2cccc1Cc1cc(CO[C@@]3(C4SCCN4C)O[C@H](COCc4ccccc4)[C@H](OCc4ccccc4)[C@H](OCc4ccccc4)[C@H]3OCc3ccccc3)cc(c1OCCC)Cc1cccc(c1OCCC)Cc1cc(CO[C@@]3(C4SCCN4C)O[C@H](COCc4ccccc4)[C@H](OCc4ccccc4)[C@H](OCc4ccccc4)[C@H]3OCc3ccccc3)cc(c1OCCC)C2. The minimum absolute atomic E-state index is 0.0866. The molecule has 2 unspecified atom stereocenters. The Morgan fingerprint density at radius 3 is 0.775 bits per heavy atom. The van der Waals surface area contributed by atoms with Crippen LogP contribution in [0.25, 0.3) is 0 Å². The predicted molar refractivity (Wildman–Crippen MR) is 545 cm³/mol. The molecular formula is C118H134N2O16S2. The third kappa shape index (κ3) is 25.5. The molecular weight excluding hydrogens is 1770 g/mol. The van der Waals surface area contributed by atoms with Crippen molar-refractivity contribution in [3.8, 4) is 23.0 Å². The molecule has 1 aliphatic carbocycles. The van der Waals surface area contributed by atoms with E-state index in [0.717, 1.165) is 173 Å². The monoisotopic (exact) mass is 1900 g/mol. The number of fused-ring (bicyclic) bond motifs is 8. The number of thioether (sulfide) groups is 2. The van der Waals surface area contributed by atoms with Crippen LogP contribution in [0.1, 0.15) is 154 Å². The Morgan fingerprint density at radius 1 is 0.275 bits per heavy atom. The van der Waals surface area contributed by atoms with Crippen LogP contribution in [-0.4, -0.2) is 159 Å². The highest BCUT2D eigenvalue weighted by molar-refractivity contribution is 8.00. The van der Waals surface area contributed by atoms with Crippen molar-refractivity contribution in [1.82, 2.24) is 9.80 Å². The fraction of sp³-hybridized carbons (Fsp3) is 0.390. The van der Waals surface area contributed by atoms with Gasteiger partial charge in [0.15, 0.2) is 0 Å². The molecule has 12 aromatic carbocycles. The number of benzene rings is 12. The molecule has 4 heterocycles. The lowest BCUT2D eigenvalue weighted by atomic mass is 9.89. The molecule has 0 N–H and O–H groups in total. The lowest BCUT2D eigenvalue weighted by Gasteiger charge is -2.55. The Morgan fingerprint density at radius 2 is 0.522 bits per heavy atom. The highest BCUT2D eigenvalue weighted by atomic mass is 32.2. The van der Waals surface area contributed by atoms with Gasteiger partial charge >= 0.3 is 0 Å². The van der Waals surface area contributed by atoms with E-state index in [1.165, 1.54) is 0 Å². The van der Waals surface area contributed by atoms with Crippen molar-refractivity contribution in [3.05, 3.63) is 403 Å². The molecule has 0 radical (unpaired) electrons. The minimum atomic E-state index is -1.54. The maximum atomic E-state index is 8.12. The molecule has 0 spiro atoms. The van der Waals surface area contributed by atoms with Crippen molar-refractivity contribution in [1.29, 1.82) is 0 Å². The van der Waals surface area contributed by atoms with Gasteiger partial charge < -0.3 is 75.8 Å². The molecule has 8 bridgehead atoms. The number of hydrogen-bond acceptors (Lipinski definition) is 20. The maximum Gasteiger partial charge on any atom is 0.224 e. The summed E-state index contributed by atoms with van der Waals surface area (Å²) in [6.07, 6.45) is -1.42. The Balaban J connectivity index is 0.794. The lowest BCUT2D eigenvalue weighted by molar-refractivity contribution is -0.392. The van der Waals surface area contributed by atoms with Crippen LogP contribution in [0.4, 0.5) is 0 Å². The summed E-state index contributed by atoms with van der Waals surface area (Å²) in [5.74, 6) is 1.79. The normalized spacial score (nSPS) is 22.2. The summed E-state index contributed by atoms with van der Waals surface area (Å²) in [7, 11) is 4.33. The maximum absolute atomic E-state index is 8.12. The van der Waals surface area contributed by atoms with E-state index in [9.17, 15) is 0 Å². The van der Waals surface area contributed by atoms with Gasteiger partial charge in [-0.1, -0.05) is 307 Å². The van der Waals surface area contributed by atoms with Gasteiger partial charge in [0.2, 0.25) is 11.6 Å². The first-order valence-corrected chi connectivity index (χ1v) is 51.6. The van der Waals surface area contributed by atoms with Gasteiger partial charge in [-0.15, -0.1) is 23.5 Å². The van der Waals surface area contributed by atoms with E-state index in [1.54, 1.807) is 23.5 Å². The highest BCUT2D eigenvalue weighted by Crippen LogP contribution is 2.51. The standard InChI is InChI=1S/C118H134N2O16S2/c1-7-59-123-105-95-53-35-54-96(105)70-100-66-94(82-134-118(116-120(6)58-64-138-116)114(132-80-92-51-33-18-34-52-92)112(130-78-90-47-29-16-30-48-90)110(128-76-88-43-25-14-26-44-88)104(136-118)84-122-74-86-39-21-12-22-40-86)68-102(108(100)126-62-10-4)72-98-56-36-55-97(106(98)124-60-8-2)71-101-67-93(65-99(69-95)107(101)125-61-9-3)81-133-117(115-119(5)57-63-137-115)113(131-79-91-49-31-17-32-50-91)111(129-77-89-45-27-15-28-46-89)109(127-75-87-41-23-13-24-42-87)103(135-117)83-121-73-85-37-19-11-20-38-85/h11-56,65-68,103-104,109-116H,7-10,57-64,69-84H2,1-6H3/t103-,104-,109+,110+,111+,112+,113-,114-,115?,116?,117-,118-/m1/s1. The summed E-state index contributed by atoms with van der Waals surface area (Å²) in [5, 5.41) is -0.816. The summed E-state index contributed by atoms with van der Waals surface area (Å²) in [6, 6.07) is 105. The van der Waals surface area contributed by atoms with Crippen LogP contribution < -0.4 is 18.9 Å². The molecule has 0 saturated carbocycles. The number of nitrogens with zero attached hydrogens (tertiary/aromatic N) is 2. The van der Waals surface area contributed by atoms with Crippen LogP contribution in [0.5, 0.6) is 23.0 Å². The van der Waals surface area contributed by atoms with E-state index in [1.807, 2.05) is 97.1 Å². The second kappa shape index (κ2) is 50.4. The Bertz CT molecular complexity index is 5250. The molecule has 12 atom stereocenters. The number of ether oxygens (including phenoxy) is 16. The number of likely N-dealkylation sites (N-methyl/N-ethyl adjacent to an activating group) is 2. The summed E-state index contributed by atoms with van der Waals surface area (Å²) >= 11 is 3.61. The zero-order chi connectivity index (χ0) is 94.5. The first kappa shape index (κ1) is 99.5. The van der Waals surface area contributed by atoms with Crippen molar-refractivity contribution in [3.63, 3.8) is 0 Å². The molecule has 0 aromatic heterocycles. The van der Waals surface area contributed by atoms with Crippen LogP contribution >= 0.6 is 23.5 Å². The van der Waals surface area contributed by atoms with Crippen LogP contribution in [0, 0.1) is 0 Å². The van der Waals surface area contributed by atoms with Gasteiger partial charge in [-0.25, -0.2) is 0 Å². The molecule has 724 valence electrons. The highest BCUT2D eigenvalue weighted by Gasteiger charge is 2.65. The summed E-state index contributed by atoms with van der Waals surface area (Å²) < 4.78 is 120. The largest absolute Gasteiger partial charge is 0.493 e. The third-order valence-corrected chi connectivity index (χ3v) is 28.9. The van der Waals surface area contributed by atoms with Gasteiger partial charge in [0.05, 0.1) is 106 Å². The Kier molecular flexibility index (Phi) is 36.3. The van der Waals surface area contributed by atoms with E-state index in [2.05, 4.69) is 258 Å². The van der Waals surface area contributed by atoms with Crippen LogP contribution in [-0.2, 0) is 149 Å². The van der Waals surface area contributed by atoms with Gasteiger partial charge in [-0.05, 0) is 164 Å². The minimum Gasteiger partial charge on any atom is -0.493 e. The van der Waals surface area contributed by atoms with Gasteiger partial charge in [0.1, 0.15) is 82.6 Å². The van der Waals surface area contributed by atoms with Crippen LogP contribution in [0.15, 0.2) is 303 Å². The van der Waals surface area contributed by atoms with E-state index in [0.29, 0.717) is 65.3 Å². The van der Waals surface area contributed by atoms with Crippen molar-refractivity contribution in [2.24, 2.45) is 0 Å². The van der Waals surface area contributed by atoms with Gasteiger partial charge in [0, 0.05) is 50.3 Å². The van der Waals surface area contributed by atoms with Gasteiger partial charge in [-0.3, -0.25) is 9.80 Å². The lowest BCUT2D eigenvalue weighted by Crippen LogP contribution is -2.72. The Hall–Kier alpha value is -10.0. The van der Waals surface area contributed by atoms with E-state index >= 15 is 0 Å². The molecule has 4 aliphatic heterocycles. The third-order valence-electron chi connectivity index (χ3n) is 26.1. The fourth-order valence-corrected chi connectivity index (χ4v) is 22.3. The van der Waals surface area contributed by atoms with Crippen molar-refractivity contribution < 1.29 is 75.8 Å². The predicted octanol–water partition coefficient (Wildman–Crippen LogP) is 22.7. The van der Waals surface area contributed by atoms with E-state index in [-0.39, 0.29) is 66.1 Å². The van der Waals surface area contributed by atoms with Crippen LogP contribution in [0.2, 0.25) is 0 Å².